The van der Waals surface area contributed by atoms with Crippen LogP contribution in [0.4, 0.5) is 4.79 Å². The van der Waals surface area contributed by atoms with Gasteiger partial charge in [0.15, 0.2) is 0 Å². The molecule has 5 heteroatoms. The van der Waals surface area contributed by atoms with E-state index >= 15 is 0 Å². The monoisotopic (exact) mass is 258 g/mol. The molecule has 1 aliphatic rings. The van der Waals surface area contributed by atoms with Crippen LogP contribution in [0.3, 0.4) is 0 Å². The largest absolute Gasteiger partial charge is 0.444 e. The minimum absolute atomic E-state index is 0.267. The molecule has 0 saturated carbocycles. The molecule has 0 unspecified atom stereocenters. The second-order valence-corrected chi connectivity index (χ2v) is 5.74. The molecule has 0 aromatic rings. The number of ether oxygens (including phenoxy) is 2. The van der Waals surface area contributed by atoms with Crippen molar-refractivity contribution < 1.29 is 14.3 Å². The van der Waals surface area contributed by atoms with E-state index in [0.29, 0.717) is 12.6 Å². The van der Waals surface area contributed by atoms with Crippen molar-refractivity contribution in [3.63, 3.8) is 0 Å². The molecular weight excluding hydrogens is 232 g/mol. The first-order valence-electron chi connectivity index (χ1n) is 6.64. The molecule has 1 aliphatic heterocycles. The van der Waals surface area contributed by atoms with Gasteiger partial charge in [-0.15, -0.1) is 0 Å². The van der Waals surface area contributed by atoms with Gasteiger partial charge in [-0.25, -0.2) is 4.79 Å². The van der Waals surface area contributed by atoms with Gasteiger partial charge in [-0.1, -0.05) is 0 Å². The van der Waals surface area contributed by atoms with Gasteiger partial charge in [-0.2, -0.15) is 0 Å². The van der Waals surface area contributed by atoms with E-state index in [1.54, 1.807) is 11.9 Å². The summed E-state index contributed by atoms with van der Waals surface area (Å²) >= 11 is 0. The van der Waals surface area contributed by atoms with Crippen molar-refractivity contribution in [2.75, 3.05) is 33.4 Å². The standard InChI is InChI=1S/C13H26N2O3/c1-13(2,3)18-12(16)15(4)8-7-14-11-5-9-17-10-6-11/h11,14H,5-10H2,1-4H3. The lowest BCUT2D eigenvalue weighted by atomic mass is 10.1. The Morgan fingerprint density at radius 1 is 1.39 bits per heavy atom. The number of rotatable bonds is 4. The number of hydrogen-bond acceptors (Lipinski definition) is 4. The highest BCUT2D eigenvalue weighted by Gasteiger charge is 2.19. The SMILES string of the molecule is CN(CCNC1CCOCC1)C(=O)OC(C)(C)C. The molecule has 1 saturated heterocycles. The van der Waals surface area contributed by atoms with E-state index in [-0.39, 0.29) is 6.09 Å². The molecule has 0 atom stereocenters. The summed E-state index contributed by atoms with van der Waals surface area (Å²) in [6.07, 6.45) is 1.84. The molecule has 0 aromatic carbocycles. The van der Waals surface area contributed by atoms with Gasteiger partial charge < -0.3 is 19.7 Å². The van der Waals surface area contributed by atoms with Crippen LogP contribution in [0.2, 0.25) is 0 Å². The summed E-state index contributed by atoms with van der Waals surface area (Å²) in [4.78, 5) is 13.3. The molecule has 0 spiro atoms. The van der Waals surface area contributed by atoms with Gasteiger partial charge in [0.2, 0.25) is 0 Å². The van der Waals surface area contributed by atoms with Crippen molar-refractivity contribution in [3.8, 4) is 0 Å². The summed E-state index contributed by atoms with van der Waals surface area (Å²) in [6.45, 7) is 8.74. The van der Waals surface area contributed by atoms with Crippen LogP contribution >= 0.6 is 0 Å². The maximum atomic E-state index is 11.7. The molecule has 0 bridgehead atoms. The van der Waals surface area contributed by atoms with Crippen LogP contribution in [0.25, 0.3) is 0 Å². The molecule has 1 N–H and O–H groups in total. The van der Waals surface area contributed by atoms with Crippen LogP contribution in [0.15, 0.2) is 0 Å². The molecule has 1 fully saturated rings. The van der Waals surface area contributed by atoms with Crippen LogP contribution in [-0.2, 0) is 9.47 Å². The third kappa shape index (κ3) is 6.21. The van der Waals surface area contributed by atoms with E-state index in [1.807, 2.05) is 20.8 Å². The fraction of sp³-hybridized carbons (Fsp3) is 0.923. The van der Waals surface area contributed by atoms with E-state index in [2.05, 4.69) is 5.32 Å². The average molecular weight is 258 g/mol. The lowest BCUT2D eigenvalue weighted by Crippen LogP contribution is -2.41. The van der Waals surface area contributed by atoms with Crippen molar-refractivity contribution >= 4 is 6.09 Å². The third-order valence-corrected chi connectivity index (χ3v) is 2.81. The Morgan fingerprint density at radius 2 is 2.00 bits per heavy atom. The molecule has 106 valence electrons. The van der Waals surface area contributed by atoms with Crippen molar-refractivity contribution in [1.29, 1.82) is 0 Å². The Labute approximate surface area is 110 Å². The van der Waals surface area contributed by atoms with Crippen LogP contribution in [-0.4, -0.2) is 56.0 Å². The number of carbonyl (C=O) groups excluding carboxylic acids is 1. The minimum atomic E-state index is -0.431. The molecule has 18 heavy (non-hydrogen) atoms. The first-order valence-corrected chi connectivity index (χ1v) is 6.64. The predicted octanol–water partition coefficient (Wildman–Crippen LogP) is 1.62. The summed E-state index contributed by atoms with van der Waals surface area (Å²) in [6, 6.07) is 0.519. The van der Waals surface area contributed by atoms with E-state index in [9.17, 15) is 4.79 Å². The van der Waals surface area contributed by atoms with Crippen molar-refractivity contribution in [3.05, 3.63) is 0 Å². The van der Waals surface area contributed by atoms with Gasteiger partial charge >= 0.3 is 6.09 Å². The van der Waals surface area contributed by atoms with E-state index in [0.717, 1.165) is 32.6 Å². The zero-order chi connectivity index (χ0) is 13.6. The van der Waals surface area contributed by atoms with E-state index in [4.69, 9.17) is 9.47 Å². The van der Waals surface area contributed by atoms with Gasteiger partial charge in [-0.05, 0) is 33.6 Å². The minimum Gasteiger partial charge on any atom is -0.444 e. The maximum Gasteiger partial charge on any atom is 0.410 e. The third-order valence-electron chi connectivity index (χ3n) is 2.81. The molecule has 0 aliphatic carbocycles. The van der Waals surface area contributed by atoms with E-state index in [1.165, 1.54) is 0 Å². The highest BCUT2D eigenvalue weighted by Crippen LogP contribution is 2.09. The summed E-state index contributed by atoms with van der Waals surface area (Å²) < 4.78 is 10.6. The van der Waals surface area contributed by atoms with Gasteiger partial charge in [0.25, 0.3) is 0 Å². The van der Waals surface area contributed by atoms with Crippen molar-refractivity contribution in [2.45, 2.75) is 45.3 Å². The summed E-state index contributed by atoms with van der Waals surface area (Å²) in [7, 11) is 1.76. The normalized spacial score (nSPS) is 17.6. The number of amides is 1. The van der Waals surface area contributed by atoms with Crippen LogP contribution in [0.1, 0.15) is 33.6 Å². The summed E-state index contributed by atoms with van der Waals surface area (Å²) in [5, 5.41) is 3.44. The van der Waals surface area contributed by atoms with Crippen LogP contribution in [0.5, 0.6) is 0 Å². The van der Waals surface area contributed by atoms with Crippen molar-refractivity contribution in [2.24, 2.45) is 0 Å². The molecular formula is C13H26N2O3. The smallest absolute Gasteiger partial charge is 0.410 e. The molecule has 5 nitrogen and oxygen atoms in total. The molecule has 1 rings (SSSR count). The molecule has 0 radical (unpaired) electrons. The highest BCUT2D eigenvalue weighted by atomic mass is 16.6. The number of nitrogens with zero attached hydrogens (tertiary/aromatic N) is 1. The lowest BCUT2D eigenvalue weighted by Gasteiger charge is -2.26. The van der Waals surface area contributed by atoms with Crippen molar-refractivity contribution in [1.82, 2.24) is 10.2 Å². The Balaban J connectivity index is 2.15. The Kier molecular flexibility index (Phi) is 5.88. The fourth-order valence-corrected chi connectivity index (χ4v) is 1.77. The first kappa shape index (κ1) is 15.2. The Hall–Kier alpha value is -0.810. The summed E-state index contributed by atoms with van der Waals surface area (Å²) in [5.41, 5.74) is -0.431. The maximum absolute atomic E-state index is 11.7. The van der Waals surface area contributed by atoms with Gasteiger partial charge in [-0.3, -0.25) is 0 Å². The fourth-order valence-electron chi connectivity index (χ4n) is 1.77. The second kappa shape index (κ2) is 6.95. The molecule has 1 heterocycles. The van der Waals surface area contributed by atoms with Gasteiger partial charge in [0, 0.05) is 39.4 Å². The molecule has 1 amide bonds. The number of nitrogens with one attached hydrogen (secondary N) is 1. The first-order chi connectivity index (χ1) is 8.38. The number of carbonyl (C=O) groups is 1. The van der Waals surface area contributed by atoms with Gasteiger partial charge in [0.1, 0.15) is 5.60 Å². The summed E-state index contributed by atoms with van der Waals surface area (Å²) in [5.74, 6) is 0. The topological polar surface area (TPSA) is 50.8 Å². The van der Waals surface area contributed by atoms with Gasteiger partial charge in [0.05, 0.1) is 0 Å². The zero-order valence-corrected chi connectivity index (χ0v) is 12.0. The second-order valence-electron chi connectivity index (χ2n) is 5.74. The Morgan fingerprint density at radius 3 is 2.56 bits per heavy atom. The predicted molar refractivity (Wildman–Crippen MR) is 70.7 cm³/mol. The zero-order valence-electron chi connectivity index (χ0n) is 12.0. The Bertz CT molecular complexity index is 257. The lowest BCUT2D eigenvalue weighted by molar-refractivity contribution is 0.0294. The number of hydrogen-bond donors (Lipinski definition) is 1. The van der Waals surface area contributed by atoms with E-state index < -0.39 is 5.60 Å². The highest BCUT2D eigenvalue weighted by molar-refractivity contribution is 5.67. The van der Waals surface area contributed by atoms with Crippen LogP contribution in [0, 0.1) is 0 Å². The molecule has 0 aromatic heterocycles. The average Bonchev–Trinajstić information content (AvgIpc) is 2.28. The quantitative estimate of drug-likeness (QED) is 0.832. The number of likely N-dealkylation sites (N-methyl/N-ethyl adjacent to an activating group) is 1. The van der Waals surface area contributed by atoms with Crippen LogP contribution < -0.4 is 5.32 Å².